The zero-order chi connectivity index (χ0) is 14.5. The lowest BCUT2D eigenvalue weighted by Gasteiger charge is -2.18. The Balaban J connectivity index is 2.26. The first kappa shape index (κ1) is 14.0. The summed E-state index contributed by atoms with van der Waals surface area (Å²) < 4.78 is 12.9. The summed E-state index contributed by atoms with van der Waals surface area (Å²) in [6.07, 6.45) is 0. The van der Waals surface area contributed by atoms with Crippen molar-refractivity contribution < 1.29 is 9.31 Å². The van der Waals surface area contributed by atoms with Crippen LogP contribution in [0.4, 0.5) is 10.1 Å². The van der Waals surface area contributed by atoms with Gasteiger partial charge in [-0.1, -0.05) is 24.3 Å². The van der Waals surface area contributed by atoms with E-state index in [0.717, 1.165) is 11.1 Å². The average Bonchev–Trinajstić information content (AvgIpc) is 2.41. The minimum Gasteiger partial charge on any atom is -0.372 e. The zero-order valence-corrected chi connectivity index (χ0v) is 11.0. The highest BCUT2D eigenvalue weighted by molar-refractivity contribution is 5.46. The number of anilines is 1. The van der Waals surface area contributed by atoms with Crippen LogP contribution in [0.3, 0.4) is 0 Å². The summed E-state index contributed by atoms with van der Waals surface area (Å²) in [5.41, 5.74) is 2.50. The van der Waals surface area contributed by atoms with Crippen LogP contribution in [0.1, 0.15) is 17.2 Å². The van der Waals surface area contributed by atoms with Crippen molar-refractivity contribution in [2.45, 2.75) is 13.0 Å². The van der Waals surface area contributed by atoms with E-state index in [1.807, 2.05) is 31.2 Å². The molecule has 0 aromatic heterocycles. The van der Waals surface area contributed by atoms with E-state index >= 15 is 0 Å². The fourth-order valence-corrected chi connectivity index (χ4v) is 2.10. The molecule has 2 aromatic rings. The first-order valence-corrected chi connectivity index (χ1v) is 6.25. The van der Waals surface area contributed by atoms with Crippen LogP contribution in [-0.4, -0.2) is 11.5 Å². The van der Waals surface area contributed by atoms with E-state index in [1.165, 1.54) is 12.1 Å². The van der Waals surface area contributed by atoms with Crippen LogP contribution in [-0.2, 0) is 0 Å². The van der Waals surface area contributed by atoms with Crippen molar-refractivity contribution in [1.82, 2.24) is 0 Å². The summed E-state index contributed by atoms with van der Waals surface area (Å²) in [5.74, 6) is -0.336. The van der Waals surface area contributed by atoms with Crippen LogP contribution in [0.25, 0.3) is 0 Å². The van der Waals surface area contributed by atoms with Gasteiger partial charge in [0.2, 0.25) is 6.54 Å². The molecule has 0 aliphatic rings. The monoisotopic (exact) mass is 274 g/mol. The largest absolute Gasteiger partial charge is 0.372 e. The van der Waals surface area contributed by atoms with Crippen molar-refractivity contribution in [3.05, 3.63) is 75.6 Å². The molecule has 0 radical (unpaired) electrons. The van der Waals surface area contributed by atoms with Crippen molar-refractivity contribution in [2.24, 2.45) is 0 Å². The third-order valence-electron chi connectivity index (χ3n) is 3.08. The third-order valence-corrected chi connectivity index (χ3v) is 3.08. The van der Waals surface area contributed by atoms with Gasteiger partial charge in [-0.3, -0.25) is 10.1 Å². The Morgan fingerprint density at radius 3 is 2.45 bits per heavy atom. The summed E-state index contributed by atoms with van der Waals surface area (Å²) >= 11 is 0. The first-order chi connectivity index (χ1) is 9.56. The van der Waals surface area contributed by atoms with E-state index in [9.17, 15) is 14.5 Å². The molecular weight excluding hydrogens is 259 g/mol. The Hall–Kier alpha value is -2.43. The Morgan fingerprint density at radius 1 is 1.20 bits per heavy atom. The van der Waals surface area contributed by atoms with Gasteiger partial charge in [0, 0.05) is 10.6 Å². The van der Waals surface area contributed by atoms with Gasteiger partial charge in [-0.05, 0) is 42.3 Å². The summed E-state index contributed by atoms with van der Waals surface area (Å²) in [4.78, 5) is 10.5. The molecule has 1 N–H and O–H groups in total. The van der Waals surface area contributed by atoms with Crippen LogP contribution in [0.5, 0.6) is 0 Å². The SMILES string of the molecule is Cc1ccccc1C(C[N+](=O)[O-])Nc1ccc(F)cc1. The van der Waals surface area contributed by atoms with Gasteiger partial charge in [-0.15, -0.1) is 0 Å². The zero-order valence-electron chi connectivity index (χ0n) is 11.0. The van der Waals surface area contributed by atoms with Crippen LogP contribution >= 0.6 is 0 Å². The molecule has 0 spiro atoms. The maximum Gasteiger partial charge on any atom is 0.227 e. The highest BCUT2D eigenvalue weighted by atomic mass is 19.1. The van der Waals surface area contributed by atoms with Crippen molar-refractivity contribution in [3.63, 3.8) is 0 Å². The lowest BCUT2D eigenvalue weighted by Crippen LogP contribution is -2.21. The van der Waals surface area contributed by atoms with Crippen LogP contribution in [0.15, 0.2) is 48.5 Å². The fourth-order valence-electron chi connectivity index (χ4n) is 2.10. The number of halogens is 1. The maximum absolute atomic E-state index is 12.9. The number of benzene rings is 2. The average molecular weight is 274 g/mol. The van der Waals surface area contributed by atoms with Gasteiger partial charge in [0.05, 0.1) is 0 Å². The Kier molecular flexibility index (Phi) is 4.30. The van der Waals surface area contributed by atoms with Crippen LogP contribution in [0, 0.1) is 22.9 Å². The summed E-state index contributed by atoms with van der Waals surface area (Å²) in [6, 6.07) is 12.8. The molecule has 0 fully saturated rings. The van der Waals surface area contributed by atoms with E-state index < -0.39 is 6.04 Å². The fraction of sp³-hybridized carbons (Fsp3) is 0.200. The molecule has 0 heterocycles. The second-order valence-electron chi connectivity index (χ2n) is 4.58. The van der Waals surface area contributed by atoms with Crippen molar-refractivity contribution in [2.75, 3.05) is 11.9 Å². The molecule has 1 unspecified atom stereocenters. The predicted octanol–water partition coefficient (Wildman–Crippen LogP) is 3.56. The third kappa shape index (κ3) is 3.54. The normalized spacial score (nSPS) is 11.9. The number of nitro groups is 1. The quantitative estimate of drug-likeness (QED) is 0.670. The molecule has 5 heteroatoms. The Morgan fingerprint density at radius 2 is 1.85 bits per heavy atom. The smallest absolute Gasteiger partial charge is 0.227 e. The summed E-state index contributed by atoms with van der Waals surface area (Å²) in [5, 5.41) is 13.9. The summed E-state index contributed by atoms with van der Waals surface area (Å²) in [7, 11) is 0. The Labute approximate surface area is 116 Å². The van der Waals surface area contributed by atoms with E-state index in [-0.39, 0.29) is 17.3 Å². The molecule has 0 aliphatic carbocycles. The van der Waals surface area contributed by atoms with Gasteiger partial charge >= 0.3 is 0 Å². The van der Waals surface area contributed by atoms with E-state index in [4.69, 9.17) is 0 Å². The molecule has 0 aliphatic heterocycles. The molecule has 4 nitrogen and oxygen atoms in total. The molecule has 2 rings (SSSR count). The van der Waals surface area contributed by atoms with Crippen molar-refractivity contribution in [3.8, 4) is 0 Å². The molecular formula is C15H15FN2O2. The predicted molar refractivity (Wildman–Crippen MR) is 75.8 cm³/mol. The number of hydrogen-bond acceptors (Lipinski definition) is 3. The lowest BCUT2D eigenvalue weighted by molar-refractivity contribution is -0.482. The number of hydrogen-bond donors (Lipinski definition) is 1. The number of aryl methyl sites for hydroxylation is 1. The van der Waals surface area contributed by atoms with E-state index in [0.29, 0.717) is 5.69 Å². The number of rotatable bonds is 5. The van der Waals surface area contributed by atoms with Gasteiger partial charge in [-0.2, -0.15) is 0 Å². The first-order valence-electron chi connectivity index (χ1n) is 6.25. The molecule has 0 amide bonds. The second-order valence-corrected chi connectivity index (χ2v) is 4.58. The number of nitrogens with zero attached hydrogens (tertiary/aromatic N) is 1. The minimum atomic E-state index is -0.448. The van der Waals surface area contributed by atoms with E-state index in [2.05, 4.69) is 5.32 Å². The topological polar surface area (TPSA) is 55.2 Å². The molecule has 1 atom stereocenters. The molecule has 0 saturated carbocycles. The van der Waals surface area contributed by atoms with E-state index in [1.54, 1.807) is 12.1 Å². The maximum atomic E-state index is 12.9. The molecule has 20 heavy (non-hydrogen) atoms. The highest BCUT2D eigenvalue weighted by Crippen LogP contribution is 2.23. The van der Waals surface area contributed by atoms with Crippen molar-refractivity contribution >= 4 is 5.69 Å². The van der Waals surface area contributed by atoms with Gasteiger partial charge < -0.3 is 5.32 Å². The van der Waals surface area contributed by atoms with Gasteiger partial charge in [-0.25, -0.2) is 4.39 Å². The van der Waals surface area contributed by atoms with Gasteiger partial charge in [0.25, 0.3) is 0 Å². The standard InChI is InChI=1S/C15H15FN2O2/c1-11-4-2-3-5-14(11)15(10-18(19)20)17-13-8-6-12(16)7-9-13/h2-9,15,17H,10H2,1H3. The second kappa shape index (κ2) is 6.14. The van der Waals surface area contributed by atoms with Crippen LogP contribution < -0.4 is 5.32 Å². The van der Waals surface area contributed by atoms with Gasteiger partial charge in [0.1, 0.15) is 11.9 Å². The molecule has 0 saturated heterocycles. The Bertz CT molecular complexity index is 599. The highest BCUT2D eigenvalue weighted by Gasteiger charge is 2.19. The number of nitrogens with one attached hydrogen (secondary N) is 1. The molecule has 2 aromatic carbocycles. The summed E-state index contributed by atoms with van der Waals surface area (Å²) in [6.45, 7) is 1.68. The lowest BCUT2D eigenvalue weighted by atomic mass is 10.0. The molecule has 0 bridgehead atoms. The van der Waals surface area contributed by atoms with Crippen molar-refractivity contribution in [1.29, 1.82) is 0 Å². The van der Waals surface area contributed by atoms with Crippen LogP contribution in [0.2, 0.25) is 0 Å². The minimum absolute atomic E-state index is 0.234. The van der Waals surface area contributed by atoms with Gasteiger partial charge in [0.15, 0.2) is 0 Å². The molecule has 104 valence electrons.